The van der Waals surface area contributed by atoms with Gasteiger partial charge in [-0.1, -0.05) is 41.6 Å². The highest BCUT2D eigenvalue weighted by Gasteiger charge is 2.18. The number of nitrogens with zero attached hydrogens (tertiary/aromatic N) is 5. The predicted octanol–water partition coefficient (Wildman–Crippen LogP) is 3.37. The normalized spacial score (nSPS) is 12.4. The average Bonchev–Trinajstić information content (AvgIpc) is 3.09. The number of tetrazole rings is 1. The van der Waals surface area contributed by atoms with Crippen LogP contribution in [0.1, 0.15) is 29.1 Å². The minimum atomic E-state index is -0.142. The van der Waals surface area contributed by atoms with Crippen molar-refractivity contribution in [3.8, 4) is 5.69 Å². The number of fused-ring (bicyclic) bond motifs is 1. The molecule has 2 aromatic heterocycles. The molecule has 0 aliphatic carbocycles. The number of aromatic amines is 1. The second-order valence-corrected chi connectivity index (χ2v) is 7.70. The molecule has 136 valence electrons. The Morgan fingerprint density at radius 2 is 1.96 bits per heavy atom. The van der Waals surface area contributed by atoms with Crippen molar-refractivity contribution in [2.45, 2.75) is 31.2 Å². The number of hydrogen-bond donors (Lipinski definition) is 1. The quantitative estimate of drug-likeness (QED) is 0.548. The van der Waals surface area contributed by atoms with Gasteiger partial charge in [-0.3, -0.25) is 4.79 Å². The molecule has 27 heavy (non-hydrogen) atoms. The minimum absolute atomic E-state index is 0.127. The van der Waals surface area contributed by atoms with Crippen LogP contribution in [0, 0.1) is 13.8 Å². The molecule has 0 aliphatic rings. The van der Waals surface area contributed by atoms with Gasteiger partial charge in [-0.2, -0.15) is 4.68 Å². The van der Waals surface area contributed by atoms with E-state index in [2.05, 4.69) is 38.5 Å². The lowest BCUT2D eigenvalue weighted by atomic mass is 10.1. The third kappa shape index (κ3) is 3.35. The van der Waals surface area contributed by atoms with E-state index in [0.717, 1.165) is 11.3 Å². The van der Waals surface area contributed by atoms with Gasteiger partial charge in [0.15, 0.2) is 0 Å². The molecule has 7 nitrogen and oxygen atoms in total. The molecule has 4 aromatic rings. The molecule has 2 aromatic carbocycles. The molecule has 4 rings (SSSR count). The predicted molar refractivity (Wildman–Crippen MR) is 105 cm³/mol. The molecule has 2 heterocycles. The second-order valence-electron chi connectivity index (χ2n) is 6.39. The van der Waals surface area contributed by atoms with Crippen molar-refractivity contribution in [1.29, 1.82) is 0 Å². The summed E-state index contributed by atoms with van der Waals surface area (Å²) in [7, 11) is 0. The molecule has 0 unspecified atom stereocenters. The summed E-state index contributed by atoms with van der Waals surface area (Å²) in [6, 6.07) is 13.4. The number of aryl methyl sites for hydroxylation is 2. The maximum absolute atomic E-state index is 12.3. The number of nitrogens with one attached hydrogen (secondary N) is 1. The Labute approximate surface area is 159 Å². The van der Waals surface area contributed by atoms with Crippen LogP contribution >= 0.6 is 11.8 Å². The SMILES string of the molecule is Cc1ccc(-n2nnnc2S[C@H](C)c2nc3ccccc3c(=O)[nH]2)c(C)c1. The summed E-state index contributed by atoms with van der Waals surface area (Å²) >= 11 is 1.45. The number of thioether (sulfide) groups is 1. The summed E-state index contributed by atoms with van der Waals surface area (Å²) in [4.78, 5) is 19.8. The van der Waals surface area contributed by atoms with Gasteiger partial charge in [0.1, 0.15) is 5.82 Å². The van der Waals surface area contributed by atoms with Crippen LogP contribution in [0.5, 0.6) is 0 Å². The van der Waals surface area contributed by atoms with Gasteiger partial charge in [-0.05, 0) is 55.0 Å². The number of H-pyrrole nitrogens is 1. The Morgan fingerprint density at radius 1 is 1.15 bits per heavy atom. The van der Waals surface area contributed by atoms with E-state index in [9.17, 15) is 4.79 Å². The summed E-state index contributed by atoms with van der Waals surface area (Å²) in [5.41, 5.74) is 3.74. The Bertz CT molecular complexity index is 1180. The van der Waals surface area contributed by atoms with Gasteiger partial charge in [0.2, 0.25) is 5.16 Å². The lowest BCUT2D eigenvalue weighted by molar-refractivity contribution is 0.749. The maximum atomic E-state index is 12.3. The monoisotopic (exact) mass is 378 g/mol. The lowest BCUT2D eigenvalue weighted by Gasteiger charge is -2.12. The summed E-state index contributed by atoms with van der Waals surface area (Å²) in [6.07, 6.45) is 0. The van der Waals surface area contributed by atoms with Gasteiger partial charge < -0.3 is 4.98 Å². The smallest absolute Gasteiger partial charge is 0.258 e. The van der Waals surface area contributed by atoms with Crippen molar-refractivity contribution in [3.05, 3.63) is 69.8 Å². The van der Waals surface area contributed by atoms with Crippen LogP contribution in [0.15, 0.2) is 52.4 Å². The number of para-hydroxylation sites is 1. The van der Waals surface area contributed by atoms with Crippen molar-refractivity contribution in [2.24, 2.45) is 0 Å². The van der Waals surface area contributed by atoms with E-state index in [1.54, 1.807) is 10.7 Å². The zero-order chi connectivity index (χ0) is 19.0. The average molecular weight is 378 g/mol. The highest BCUT2D eigenvalue weighted by atomic mass is 32.2. The molecule has 0 aliphatic heterocycles. The Kier molecular flexibility index (Phi) is 4.49. The van der Waals surface area contributed by atoms with Gasteiger partial charge in [0, 0.05) is 0 Å². The highest BCUT2D eigenvalue weighted by molar-refractivity contribution is 7.99. The van der Waals surface area contributed by atoms with Gasteiger partial charge in [-0.15, -0.1) is 5.10 Å². The van der Waals surface area contributed by atoms with Crippen LogP contribution in [-0.4, -0.2) is 30.2 Å². The minimum Gasteiger partial charge on any atom is -0.309 e. The van der Waals surface area contributed by atoms with Crippen molar-refractivity contribution < 1.29 is 0 Å². The number of aromatic nitrogens is 6. The molecule has 1 atom stereocenters. The van der Waals surface area contributed by atoms with E-state index >= 15 is 0 Å². The van der Waals surface area contributed by atoms with Crippen LogP contribution < -0.4 is 5.56 Å². The van der Waals surface area contributed by atoms with E-state index in [4.69, 9.17) is 0 Å². The van der Waals surface area contributed by atoms with Gasteiger partial charge in [0.25, 0.3) is 5.56 Å². The molecular formula is C19H18N6OS. The van der Waals surface area contributed by atoms with Gasteiger partial charge in [-0.25, -0.2) is 4.98 Å². The van der Waals surface area contributed by atoms with Gasteiger partial charge >= 0.3 is 0 Å². The van der Waals surface area contributed by atoms with Crippen LogP contribution in [0.25, 0.3) is 16.6 Å². The van der Waals surface area contributed by atoms with Crippen molar-refractivity contribution in [3.63, 3.8) is 0 Å². The fourth-order valence-corrected chi connectivity index (χ4v) is 3.82. The molecule has 0 fully saturated rings. The summed E-state index contributed by atoms with van der Waals surface area (Å²) in [5, 5.41) is 13.2. The largest absolute Gasteiger partial charge is 0.309 e. The first-order valence-corrected chi connectivity index (χ1v) is 9.42. The third-order valence-corrected chi connectivity index (χ3v) is 5.36. The van der Waals surface area contributed by atoms with E-state index in [-0.39, 0.29) is 10.8 Å². The molecule has 0 amide bonds. The number of rotatable bonds is 4. The zero-order valence-corrected chi connectivity index (χ0v) is 16.0. The fourth-order valence-electron chi connectivity index (χ4n) is 2.96. The lowest BCUT2D eigenvalue weighted by Crippen LogP contribution is -2.13. The van der Waals surface area contributed by atoms with E-state index < -0.39 is 0 Å². The maximum Gasteiger partial charge on any atom is 0.258 e. The number of hydrogen-bond acceptors (Lipinski definition) is 6. The van der Waals surface area contributed by atoms with E-state index in [0.29, 0.717) is 21.9 Å². The summed E-state index contributed by atoms with van der Waals surface area (Å²) in [5.74, 6) is 0.596. The van der Waals surface area contributed by atoms with Crippen molar-refractivity contribution in [1.82, 2.24) is 30.2 Å². The van der Waals surface area contributed by atoms with Crippen molar-refractivity contribution >= 4 is 22.7 Å². The Morgan fingerprint density at radius 3 is 2.78 bits per heavy atom. The molecule has 0 saturated heterocycles. The Balaban J connectivity index is 1.68. The standard InChI is InChI=1S/C19H18N6OS/c1-11-8-9-16(12(2)10-11)25-19(22-23-24-25)27-13(3)17-20-15-7-5-4-6-14(15)18(26)21-17/h4-10,13H,1-3H3,(H,20,21,26)/t13-/m1/s1. The van der Waals surface area contributed by atoms with Crippen LogP contribution in [-0.2, 0) is 0 Å². The molecular weight excluding hydrogens is 360 g/mol. The van der Waals surface area contributed by atoms with Crippen molar-refractivity contribution in [2.75, 3.05) is 0 Å². The first-order chi connectivity index (χ1) is 13.0. The van der Waals surface area contributed by atoms with Crippen LogP contribution in [0.4, 0.5) is 0 Å². The highest BCUT2D eigenvalue weighted by Crippen LogP contribution is 2.32. The summed E-state index contributed by atoms with van der Waals surface area (Å²) in [6.45, 7) is 6.05. The third-order valence-electron chi connectivity index (χ3n) is 4.32. The zero-order valence-electron chi connectivity index (χ0n) is 15.2. The first-order valence-electron chi connectivity index (χ1n) is 8.54. The topological polar surface area (TPSA) is 89.3 Å². The van der Waals surface area contributed by atoms with E-state index in [1.807, 2.05) is 44.2 Å². The molecule has 0 spiro atoms. The van der Waals surface area contributed by atoms with E-state index in [1.165, 1.54) is 17.3 Å². The molecule has 8 heteroatoms. The molecule has 0 saturated carbocycles. The van der Waals surface area contributed by atoms with Gasteiger partial charge in [0.05, 0.1) is 21.8 Å². The van der Waals surface area contributed by atoms with Crippen LogP contribution in [0.3, 0.4) is 0 Å². The molecule has 0 bridgehead atoms. The number of benzene rings is 2. The molecule has 1 N–H and O–H groups in total. The van der Waals surface area contributed by atoms with Crippen LogP contribution in [0.2, 0.25) is 0 Å². The summed E-state index contributed by atoms with van der Waals surface area (Å²) < 4.78 is 1.72. The molecule has 0 radical (unpaired) electrons. The Hall–Kier alpha value is -3.00. The second kappa shape index (κ2) is 6.96. The fraction of sp³-hybridized carbons (Fsp3) is 0.211. The first kappa shape index (κ1) is 17.4.